The Hall–Kier alpha value is -0.810. The minimum Gasteiger partial charge on any atom is -0.444 e. The number of hydrogen-bond acceptors (Lipinski definition) is 4. The highest BCUT2D eigenvalue weighted by atomic mass is 16.6. The van der Waals surface area contributed by atoms with Crippen molar-refractivity contribution in [1.82, 2.24) is 4.90 Å². The van der Waals surface area contributed by atoms with Crippen LogP contribution in [0.2, 0.25) is 0 Å². The van der Waals surface area contributed by atoms with Crippen molar-refractivity contribution in [1.29, 1.82) is 0 Å². The molecule has 124 valence electrons. The molecule has 1 atom stereocenters. The Kier molecular flexibility index (Phi) is 6.94. The minimum absolute atomic E-state index is 0.122. The predicted molar refractivity (Wildman–Crippen MR) is 82.0 cm³/mol. The molecule has 0 radical (unpaired) electrons. The van der Waals surface area contributed by atoms with Crippen molar-refractivity contribution in [3.8, 4) is 0 Å². The van der Waals surface area contributed by atoms with E-state index in [0.29, 0.717) is 12.5 Å². The molecule has 1 unspecified atom stereocenters. The third-order valence-electron chi connectivity index (χ3n) is 3.91. The van der Waals surface area contributed by atoms with Crippen molar-refractivity contribution in [2.75, 3.05) is 19.7 Å². The van der Waals surface area contributed by atoms with Gasteiger partial charge < -0.3 is 19.8 Å². The maximum atomic E-state index is 12.3. The number of amides is 1. The Morgan fingerprint density at radius 3 is 2.33 bits per heavy atom. The Balaban J connectivity index is 2.61. The van der Waals surface area contributed by atoms with Gasteiger partial charge in [0.05, 0.1) is 19.3 Å². The highest BCUT2D eigenvalue weighted by molar-refractivity contribution is 5.68. The Morgan fingerprint density at radius 2 is 1.86 bits per heavy atom. The van der Waals surface area contributed by atoms with Gasteiger partial charge in [0.1, 0.15) is 5.60 Å². The molecule has 0 saturated heterocycles. The lowest BCUT2D eigenvalue weighted by Gasteiger charge is -2.33. The molecule has 1 fully saturated rings. The molecule has 1 saturated carbocycles. The van der Waals surface area contributed by atoms with Gasteiger partial charge in [0.2, 0.25) is 0 Å². The zero-order valence-electron chi connectivity index (χ0n) is 13.8. The molecule has 0 aromatic carbocycles. The largest absolute Gasteiger partial charge is 0.444 e. The van der Waals surface area contributed by atoms with Crippen LogP contribution >= 0.6 is 0 Å². The first-order valence-corrected chi connectivity index (χ1v) is 7.98. The number of hydrogen-bond donors (Lipinski definition) is 2. The quantitative estimate of drug-likeness (QED) is 0.818. The third kappa shape index (κ3) is 7.14. The van der Waals surface area contributed by atoms with Gasteiger partial charge in [0.25, 0.3) is 0 Å². The van der Waals surface area contributed by atoms with Gasteiger partial charge in [-0.1, -0.05) is 19.8 Å². The standard InChI is InChI=1S/C16H31NO4/c1-12-5-7-13(8-6-12)9-17(10-14(19)11-18)15(20)21-16(2,3)4/h12-14,18-19H,5-11H2,1-4H3. The van der Waals surface area contributed by atoms with Gasteiger partial charge in [0, 0.05) is 6.54 Å². The highest BCUT2D eigenvalue weighted by Crippen LogP contribution is 2.29. The Bertz CT molecular complexity index is 319. The second kappa shape index (κ2) is 7.99. The molecule has 1 rings (SSSR count). The van der Waals surface area contributed by atoms with E-state index < -0.39 is 17.8 Å². The summed E-state index contributed by atoms with van der Waals surface area (Å²) in [5, 5.41) is 18.7. The van der Waals surface area contributed by atoms with E-state index in [0.717, 1.165) is 18.8 Å². The SMILES string of the molecule is CC1CCC(CN(CC(O)CO)C(=O)OC(C)(C)C)CC1. The fourth-order valence-corrected chi connectivity index (χ4v) is 2.69. The molecule has 0 heterocycles. The first-order chi connectivity index (χ1) is 9.71. The lowest BCUT2D eigenvalue weighted by molar-refractivity contribution is 0.00205. The van der Waals surface area contributed by atoms with E-state index in [1.54, 1.807) is 4.90 Å². The molecule has 0 aromatic heterocycles. The maximum absolute atomic E-state index is 12.3. The molecule has 0 aliphatic heterocycles. The van der Waals surface area contributed by atoms with Gasteiger partial charge in [-0.3, -0.25) is 0 Å². The number of carbonyl (C=O) groups is 1. The molecular weight excluding hydrogens is 270 g/mol. The van der Waals surface area contributed by atoms with Crippen LogP contribution in [0.4, 0.5) is 4.79 Å². The van der Waals surface area contributed by atoms with Crippen LogP contribution in [0.25, 0.3) is 0 Å². The number of nitrogens with zero attached hydrogens (tertiary/aromatic N) is 1. The summed E-state index contributed by atoms with van der Waals surface area (Å²) in [6.45, 7) is 8.12. The summed E-state index contributed by atoms with van der Waals surface area (Å²) in [6, 6.07) is 0. The lowest BCUT2D eigenvalue weighted by atomic mass is 9.83. The monoisotopic (exact) mass is 301 g/mol. The first-order valence-electron chi connectivity index (χ1n) is 7.98. The average molecular weight is 301 g/mol. The summed E-state index contributed by atoms with van der Waals surface area (Å²) in [5.41, 5.74) is -0.555. The van der Waals surface area contributed by atoms with Crippen molar-refractivity contribution < 1.29 is 19.7 Å². The zero-order valence-corrected chi connectivity index (χ0v) is 13.8. The van der Waals surface area contributed by atoms with Gasteiger partial charge in [-0.25, -0.2) is 4.79 Å². The molecule has 0 aromatic rings. The first kappa shape index (κ1) is 18.2. The lowest BCUT2D eigenvalue weighted by Crippen LogP contribution is -2.44. The van der Waals surface area contributed by atoms with Crippen molar-refractivity contribution in [2.24, 2.45) is 11.8 Å². The van der Waals surface area contributed by atoms with Crippen LogP contribution in [-0.2, 0) is 4.74 Å². The second-order valence-corrected chi connectivity index (χ2v) is 7.35. The number of ether oxygens (including phenoxy) is 1. The summed E-state index contributed by atoms with van der Waals surface area (Å²) >= 11 is 0. The smallest absolute Gasteiger partial charge is 0.410 e. The van der Waals surface area contributed by atoms with Crippen molar-refractivity contribution in [2.45, 2.75) is 65.1 Å². The van der Waals surface area contributed by atoms with Crippen LogP contribution in [-0.4, -0.2) is 52.6 Å². The van der Waals surface area contributed by atoms with Crippen molar-refractivity contribution in [3.05, 3.63) is 0 Å². The number of carbonyl (C=O) groups excluding carboxylic acids is 1. The molecule has 5 nitrogen and oxygen atoms in total. The summed E-state index contributed by atoms with van der Waals surface area (Å²) in [7, 11) is 0. The summed E-state index contributed by atoms with van der Waals surface area (Å²) < 4.78 is 5.40. The van der Waals surface area contributed by atoms with E-state index in [4.69, 9.17) is 9.84 Å². The summed E-state index contributed by atoms with van der Waals surface area (Å²) in [4.78, 5) is 13.8. The van der Waals surface area contributed by atoms with E-state index in [2.05, 4.69) is 6.92 Å². The molecule has 0 spiro atoms. The average Bonchev–Trinajstić information content (AvgIpc) is 2.38. The molecular formula is C16H31NO4. The zero-order chi connectivity index (χ0) is 16.0. The van der Waals surface area contributed by atoms with Crippen LogP contribution < -0.4 is 0 Å². The van der Waals surface area contributed by atoms with Crippen LogP contribution in [0.15, 0.2) is 0 Å². The maximum Gasteiger partial charge on any atom is 0.410 e. The van der Waals surface area contributed by atoms with Crippen molar-refractivity contribution >= 4 is 6.09 Å². The van der Waals surface area contributed by atoms with E-state index in [1.165, 1.54) is 12.8 Å². The molecule has 2 N–H and O–H groups in total. The van der Waals surface area contributed by atoms with E-state index in [9.17, 15) is 9.90 Å². The fraction of sp³-hybridized carbons (Fsp3) is 0.938. The highest BCUT2D eigenvalue weighted by Gasteiger charge is 2.27. The fourth-order valence-electron chi connectivity index (χ4n) is 2.69. The Labute approximate surface area is 128 Å². The minimum atomic E-state index is -0.917. The molecule has 21 heavy (non-hydrogen) atoms. The van der Waals surface area contributed by atoms with Gasteiger partial charge in [0.15, 0.2) is 0 Å². The number of aliphatic hydroxyl groups is 2. The van der Waals surface area contributed by atoms with Crippen LogP contribution in [0.5, 0.6) is 0 Å². The van der Waals surface area contributed by atoms with Gasteiger partial charge >= 0.3 is 6.09 Å². The summed E-state index contributed by atoms with van der Waals surface area (Å²) in [6.07, 6.45) is 3.27. The van der Waals surface area contributed by atoms with Gasteiger partial charge in [-0.05, 0) is 45.4 Å². The van der Waals surface area contributed by atoms with Crippen molar-refractivity contribution in [3.63, 3.8) is 0 Å². The van der Waals surface area contributed by atoms with Gasteiger partial charge in [-0.2, -0.15) is 0 Å². The topological polar surface area (TPSA) is 70.0 Å². The number of aliphatic hydroxyl groups excluding tert-OH is 2. The third-order valence-corrected chi connectivity index (χ3v) is 3.91. The summed E-state index contributed by atoms with van der Waals surface area (Å²) in [5.74, 6) is 1.22. The Morgan fingerprint density at radius 1 is 1.29 bits per heavy atom. The molecule has 5 heteroatoms. The van der Waals surface area contributed by atoms with Crippen LogP contribution in [0, 0.1) is 11.8 Å². The predicted octanol–water partition coefficient (Wildman–Crippen LogP) is 2.40. The molecule has 1 aliphatic rings. The van der Waals surface area contributed by atoms with Gasteiger partial charge in [-0.15, -0.1) is 0 Å². The van der Waals surface area contributed by atoms with E-state index in [1.807, 2.05) is 20.8 Å². The number of rotatable bonds is 5. The second-order valence-electron chi connectivity index (χ2n) is 7.35. The van der Waals surface area contributed by atoms with E-state index in [-0.39, 0.29) is 13.2 Å². The van der Waals surface area contributed by atoms with Crippen LogP contribution in [0.1, 0.15) is 53.4 Å². The molecule has 1 aliphatic carbocycles. The van der Waals surface area contributed by atoms with Crippen LogP contribution in [0.3, 0.4) is 0 Å². The normalized spacial score (nSPS) is 24.5. The molecule has 1 amide bonds. The molecule has 0 bridgehead atoms. The van der Waals surface area contributed by atoms with E-state index >= 15 is 0 Å².